The summed E-state index contributed by atoms with van der Waals surface area (Å²) in [5.74, 6) is 0. The van der Waals surface area contributed by atoms with Crippen molar-refractivity contribution in [1.29, 1.82) is 0 Å². The molecule has 0 amide bonds. The van der Waals surface area contributed by atoms with E-state index in [9.17, 15) is 5.11 Å². The van der Waals surface area contributed by atoms with Gasteiger partial charge in [-0.1, -0.05) is 28.9 Å². The van der Waals surface area contributed by atoms with Crippen LogP contribution in [0.3, 0.4) is 0 Å². The topological polar surface area (TPSA) is 20.2 Å². The van der Waals surface area contributed by atoms with Gasteiger partial charge in [0.05, 0.1) is 5.60 Å². The molecular formula is C11H13BrO. The summed E-state index contributed by atoms with van der Waals surface area (Å²) in [7, 11) is 0. The molecule has 70 valence electrons. The van der Waals surface area contributed by atoms with E-state index < -0.39 is 5.60 Å². The maximum atomic E-state index is 10.1. The lowest BCUT2D eigenvalue weighted by Crippen LogP contribution is -2.27. The van der Waals surface area contributed by atoms with Crippen molar-refractivity contribution in [3.8, 4) is 0 Å². The van der Waals surface area contributed by atoms with E-state index in [2.05, 4.69) is 28.1 Å². The molecule has 1 N–H and O–H groups in total. The largest absolute Gasteiger partial charge is 0.389 e. The monoisotopic (exact) mass is 240 g/mol. The van der Waals surface area contributed by atoms with Crippen molar-refractivity contribution < 1.29 is 5.11 Å². The first-order valence-electron chi connectivity index (χ1n) is 4.63. The van der Waals surface area contributed by atoms with Crippen molar-refractivity contribution in [2.75, 3.05) is 0 Å². The minimum atomic E-state index is -0.483. The molecule has 1 unspecified atom stereocenters. The maximum Gasteiger partial charge on any atom is 0.0725 e. The molecule has 1 aliphatic rings. The van der Waals surface area contributed by atoms with E-state index in [-0.39, 0.29) is 0 Å². The van der Waals surface area contributed by atoms with E-state index in [1.54, 1.807) is 0 Å². The van der Waals surface area contributed by atoms with Crippen molar-refractivity contribution in [2.45, 2.75) is 31.8 Å². The molecule has 1 atom stereocenters. The molecule has 0 fully saturated rings. The minimum absolute atomic E-state index is 0.483. The highest BCUT2D eigenvalue weighted by molar-refractivity contribution is 9.10. The van der Waals surface area contributed by atoms with E-state index in [1.165, 1.54) is 11.1 Å². The van der Waals surface area contributed by atoms with E-state index in [0.717, 1.165) is 23.7 Å². The van der Waals surface area contributed by atoms with E-state index in [1.807, 2.05) is 13.0 Å². The van der Waals surface area contributed by atoms with Gasteiger partial charge in [0.2, 0.25) is 0 Å². The second-order valence-corrected chi connectivity index (χ2v) is 4.76. The van der Waals surface area contributed by atoms with Crippen molar-refractivity contribution >= 4 is 15.9 Å². The first-order chi connectivity index (χ1) is 6.13. The Bertz CT molecular complexity index is 335. The van der Waals surface area contributed by atoms with Crippen LogP contribution < -0.4 is 0 Å². The van der Waals surface area contributed by atoms with Gasteiger partial charge in [-0.05, 0) is 29.7 Å². The fourth-order valence-corrected chi connectivity index (χ4v) is 2.36. The second-order valence-electron chi connectivity index (χ2n) is 3.84. The molecule has 1 nitrogen and oxygen atoms in total. The van der Waals surface area contributed by atoms with E-state index >= 15 is 0 Å². The minimum Gasteiger partial charge on any atom is -0.389 e. The summed E-state index contributed by atoms with van der Waals surface area (Å²) >= 11 is 3.44. The van der Waals surface area contributed by atoms with Crippen molar-refractivity contribution in [3.05, 3.63) is 33.8 Å². The number of aliphatic hydroxyl groups is 1. The highest BCUT2D eigenvalue weighted by atomic mass is 79.9. The molecule has 0 spiro atoms. The summed E-state index contributed by atoms with van der Waals surface area (Å²) < 4.78 is 1.10. The van der Waals surface area contributed by atoms with Crippen LogP contribution in [0.25, 0.3) is 0 Å². The van der Waals surface area contributed by atoms with Crippen molar-refractivity contribution in [3.63, 3.8) is 0 Å². The molecule has 13 heavy (non-hydrogen) atoms. The van der Waals surface area contributed by atoms with Crippen LogP contribution in [0.1, 0.15) is 24.5 Å². The maximum absolute atomic E-state index is 10.1. The highest BCUT2D eigenvalue weighted by Gasteiger charge is 2.33. The fourth-order valence-electron chi connectivity index (χ4n) is 1.95. The Morgan fingerprint density at radius 2 is 2.08 bits per heavy atom. The molecule has 2 heteroatoms. The molecule has 1 aromatic carbocycles. The van der Waals surface area contributed by atoms with E-state index in [4.69, 9.17) is 0 Å². The van der Waals surface area contributed by atoms with E-state index in [0.29, 0.717) is 0 Å². The van der Waals surface area contributed by atoms with Crippen LogP contribution in [0.15, 0.2) is 22.7 Å². The Morgan fingerprint density at radius 3 is 2.77 bits per heavy atom. The Morgan fingerprint density at radius 1 is 1.38 bits per heavy atom. The molecule has 1 aromatic rings. The number of fused-ring (bicyclic) bond motifs is 1. The molecule has 0 bridgehead atoms. The lowest BCUT2D eigenvalue weighted by Gasteiger charge is -2.18. The molecule has 0 radical (unpaired) electrons. The summed E-state index contributed by atoms with van der Waals surface area (Å²) in [6.45, 7) is 2.04. The van der Waals surface area contributed by atoms with Gasteiger partial charge < -0.3 is 5.11 Å². The molecule has 0 saturated heterocycles. The lowest BCUT2D eigenvalue weighted by atomic mass is 9.98. The normalized spacial score (nSPS) is 26.1. The highest BCUT2D eigenvalue weighted by Crippen LogP contribution is 2.33. The SMILES string of the molecule is CCC1(O)Cc2ccc(Br)cc2C1. The predicted octanol–water partition coefficient (Wildman–Crippen LogP) is 2.69. The van der Waals surface area contributed by atoms with Crippen LogP contribution in [0.2, 0.25) is 0 Å². The third-order valence-corrected chi connectivity index (χ3v) is 3.36. The summed E-state index contributed by atoms with van der Waals surface area (Å²) in [4.78, 5) is 0. The average molecular weight is 241 g/mol. The number of hydrogen-bond donors (Lipinski definition) is 1. The molecule has 0 saturated carbocycles. The quantitative estimate of drug-likeness (QED) is 0.801. The number of rotatable bonds is 1. The first-order valence-corrected chi connectivity index (χ1v) is 5.42. The second kappa shape index (κ2) is 3.10. The van der Waals surface area contributed by atoms with Gasteiger partial charge >= 0.3 is 0 Å². The number of halogens is 1. The van der Waals surface area contributed by atoms with Crippen molar-refractivity contribution in [1.82, 2.24) is 0 Å². The van der Waals surface area contributed by atoms with Crippen LogP contribution in [-0.4, -0.2) is 10.7 Å². The Labute approximate surface area is 86.9 Å². The third kappa shape index (κ3) is 1.65. The van der Waals surface area contributed by atoms with Gasteiger partial charge in [0, 0.05) is 17.3 Å². The van der Waals surface area contributed by atoms with Crippen LogP contribution in [-0.2, 0) is 12.8 Å². The average Bonchev–Trinajstić information content (AvgIpc) is 2.42. The van der Waals surface area contributed by atoms with Crippen LogP contribution in [0.4, 0.5) is 0 Å². The van der Waals surface area contributed by atoms with Gasteiger partial charge in [-0.25, -0.2) is 0 Å². The molecule has 1 aliphatic carbocycles. The Hall–Kier alpha value is -0.340. The van der Waals surface area contributed by atoms with Crippen LogP contribution in [0.5, 0.6) is 0 Å². The lowest BCUT2D eigenvalue weighted by molar-refractivity contribution is 0.0475. The zero-order valence-electron chi connectivity index (χ0n) is 7.68. The van der Waals surface area contributed by atoms with Crippen molar-refractivity contribution in [2.24, 2.45) is 0 Å². The van der Waals surface area contributed by atoms with Gasteiger partial charge in [-0.2, -0.15) is 0 Å². The van der Waals surface area contributed by atoms with Gasteiger partial charge in [-0.3, -0.25) is 0 Å². The summed E-state index contributed by atoms with van der Waals surface area (Å²) in [6.07, 6.45) is 2.45. The summed E-state index contributed by atoms with van der Waals surface area (Å²) in [6, 6.07) is 6.26. The van der Waals surface area contributed by atoms with Gasteiger partial charge in [-0.15, -0.1) is 0 Å². The Kier molecular flexibility index (Phi) is 2.20. The fraction of sp³-hybridized carbons (Fsp3) is 0.455. The predicted molar refractivity (Wildman–Crippen MR) is 56.8 cm³/mol. The van der Waals surface area contributed by atoms with Crippen LogP contribution >= 0.6 is 15.9 Å². The number of benzene rings is 1. The molecule has 0 heterocycles. The van der Waals surface area contributed by atoms with Crippen LogP contribution in [0, 0.1) is 0 Å². The summed E-state index contributed by atoms with van der Waals surface area (Å²) in [5, 5.41) is 10.1. The third-order valence-electron chi connectivity index (χ3n) is 2.87. The zero-order chi connectivity index (χ0) is 9.47. The molecule has 0 aromatic heterocycles. The van der Waals surface area contributed by atoms with Gasteiger partial charge in [0.15, 0.2) is 0 Å². The summed E-state index contributed by atoms with van der Waals surface area (Å²) in [5.41, 5.74) is 2.11. The molecule has 2 rings (SSSR count). The molecular weight excluding hydrogens is 228 g/mol. The smallest absolute Gasteiger partial charge is 0.0725 e. The van der Waals surface area contributed by atoms with Gasteiger partial charge in [0.25, 0.3) is 0 Å². The van der Waals surface area contributed by atoms with Gasteiger partial charge in [0.1, 0.15) is 0 Å². The standard InChI is InChI=1S/C11H13BrO/c1-2-11(13)6-8-3-4-10(12)5-9(8)7-11/h3-5,13H,2,6-7H2,1H3. The Balaban J connectivity index is 2.35. The zero-order valence-corrected chi connectivity index (χ0v) is 9.26. The molecule has 0 aliphatic heterocycles. The first kappa shape index (κ1) is 9.22. The number of hydrogen-bond acceptors (Lipinski definition) is 1.